The van der Waals surface area contributed by atoms with Crippen molar-refractivity contribution in [3.05, 3.63) is 33.9 Å². The van der Waals surface area contributed by atoms with Crippen LogP contribution in [0.1, 0.15) is 10.4 Å². The Balaban J connectivity index is 2.76. The van der Waals surface area contributed by atoms with Gasteiger partial charge in [0, 0.05) is 12.6 Å². The summed E-state index contributed by atoms with van der Waals surface area (Å²) in [6.07, 6.45) is 0.455. The van der Waals surface area contributed by atoms with E-state index in [0.717, 1.165) is 6.54 Å². The monoisotopic (exact) mass is 238 g/mol. The van der Waals surface area contributed by atoms with E-state index < -0.39 is 4.92 Å². The van der Waals surface area contributed by atoms with Crippen LogP contribution in [0.2, 0.25) is 0 Å². The molecule has 0 heterocycles. The molecule has 6 nitrogen and oxygen atoms in total. The third-order valence-corrected chi connectivity index (χ3v) is 2.13. The lowest BCUT2D eigenvalue weighted by Crippen LogP contribution is -2.19. The zero-order valence-electron chi connectivity index (χ0n) is 9.75. The first-order chi connectivity index (χ1) is 8.04. The summed E-state index contributed by atoms with van der Waals surface area (Å²) in [7, 11) is 3.83. The van der Waals surface area contributed by atoms with Crippen LogP contribution in [-0.4, -0.2) is 43.4 Å². The van der Waals surface area contributed by atoms with Crippen LogP contribution in [0.3, 0.4) is 0 Å². The van der Waals surface area contributed by atoms with E-state index in [1.807, 2.05) is 19.0 Å². The Hall–Kier alpha value is -1.95. The molecule has 1 aromatic rings. The van der Waals surface area contributed by atoms with Gasteiger partial charge in [-0.25, -0.2) is 0 Å². The summed E-state index contributed by atoms with van der Waals surface area (Å²) in [5.74, 6) is 0.458. The van der Waals surface area contributed by atoms with Gasteiger partial charge < -0.3 is 9.64 Å². The van der Waals surface area contributed by atoms with E-state index in [9.17, 15) is 14.9 Å². The minimum atomic E-state index is -0.590. The first kappa shape index (κ1) is 13.1. The van der Waals surface area contributed by atoms with Crippen molar-refractivity contribution in [3.8, 4) is 5.75 Å². The smallest absolute Gasteiger partial charge is 0.280 e. The summed E-state index contributed by atoms with van der Waals surface area (Å²) in [5, 5.41) is 10.6. The highest BCUT2D eigenvalue weighted by molar-refractivity contribution is 5.82. The molecule has 17 heavy (non-hydrogen) atoms. The number of nitro groups is 1. The van der Waals surface area contributed by atoms with Crippen LogP contribution < -0.4 is 4.74 Å². The highest BCUT2D eigenvalue weighted by Gasteiger charge is 2.13. The third-order valence-electron chi connectivity index (χ3n) is 2.13. The Labute approximate surface area is 98.9 Å². The molecule has 0 bridgehead atoms. The SMILES string of the molecule is CN(C)CCOc1ccc([N+](=O)[O-])c(C=O)c1. The summed E-state index contributed by atoms with van der Waals surface area (Å²) < 4.78 is 5.37. The van der Waals surface area contributed by atoms with Crippen molar-refractivity contribution in [2.24, 2.45) is 0 Å². The molecule has 0 atom stereocenters. The maximum atomic E-state index is 10.7. The number of benzene rings is 1. The number of aldehydes is 1. The number of ether oxygens (including phenoxy) is 1. The Morgan fingerprint density at radius 2 is 2.18 bits per heavy atom. The van der Waals surface area contributed by atoms with Crippen LogP contribution in [0.5, 0.6) is 5.75 Å². The molecule has 0 aliphatic heterocycles. The molecular formula is C11H14N2O4. The first-order valence-corrected chi connectivity index (χ1v) is 5.05. The quantitative estimate of drug-likeness (QED) is 0.425. The molecular weight excluding hydrogens is 224 g/mol. The fraction of sp³-hybridized carbons (Fsp3) is 0.364. The van der Waals surface area contributed by atoms with Crippen molar-refractivity contribution in [1.82, 2.24) is 4.90 Å². The van der Waals surface area contributed by atoms with Gasteiger partial charge in [0.05, 0.1) is 10.5 Å². The minimum absolute atomic E-state index is 0.0253. The summed E-state index contributed by atoms with van der Waals surface area (Å²) in [4.78, 5) is 22.7. The number of rotatable bonds is 6. The number of nitrogens with zero attached hydrogens (tertiary/aromatic N) is 2. The highest BCUT2D eigenvalue weighted by Crippen LogP contribution is 2.22. The van der Waals surface area contributed by atoms with Crippen LogP contribution in [0.15, 0.2) is 18.2 Å². The molecule has 0 saturated heterocycles. The van der Waals surface area contributed by atoms with Crippen LogP contribution >= 0.6 is 0 Å². The fourth-order valence-corrected chi connectivity index (χ4v) is 1.23. The van der Waals surface area contributed by atoms with Crippen molar-refractivity contribution in [1.29, 1.82) is 0 Å². The maximum absolute atomic E-state index is 10.7. The van der Waals surface area contributed by atoms with E-state index in [0.29, 0.717) is 18.6 Å². The second-order valence-corrected chi connectivity index (χ2v) is 3.75. The topological polar surface area (TPSA) is 72.7 Å². The van der Waals surface area contributed by atoms with E-state index in [-0.39, 0.29) is 11.3 Å². The molecule has 6 heteroatoms. The molecule has 0 amide bonds. The van der Waals surface area contributed by atoms with Crippen LogP contribution in [-0.2, 0) is 0 Å². The van der Waals surface area contributed by atoms with E-state index in [2.05, 4.69) is 0 Å². The molecule has 1 aromatic carbocycles. The number of likely N-dealkylation sites (N-methyl/N-ethyl adjacent to an activating group) is 1. The predicted molar refractivity (Wildman–Crippen MR) is 62.5 cm³/mol. The van der Waals surface area contributed by atoms with Gasteiger partial charge in [-0.3, -0.25) is 14.9 Å². The Morgan fingerprint density at radius 1 is 1.47 bits per heavy atom. The second kappa shape index (κ2) is 5.95. The Kier molecular flexibility index (Phi) is 4.59. The molecule has 92 valence electrons. The van der Waals surface area contributed by atoms with Gasteiger partial charge in [-0.2, -0.15) is 0 Å². The van der Waals surface area contributed by atoms with Gasteiger partial charge in [0.25, 0.3) is 5.69 Å². The summed E-state index contributed by atoms with van der Waals surface area (Å²) in [6.45, 7) is 1.19. The zero-order chi connectivity index (χ0) is 12.8. The molecule has 0 aliphatic rings. The lowest BCUT2D eigenvalue weighted by Gasteiger charge is -2.11. The van der Waals surface area contributed by atoms with Crippen molar-refractivity contribution in [3.63, 3.8) is 0 Å². The maximum Gasteiger partial charge on any atom is 0.280 e. The van der Waals surface area contributed by atoms with Crippen molar-refractivity contribution >= 4 is 12.0 Å². The molecule has 0 saturated carbocycles. The van der Waals surface area contributed by atoms with E-state index in [4.69, 9.17) is 4.74 Å². The van der Waals surface area contributed by atoms with Gasteiger partial charge >= 0.3 is 0 Å². The predicted octanol–water partition coefficient (Wildman–Crippen LogP) is 1.35. The van der Waals surface area contributed by atoms with Gasteiger partial charge in [0.1, 0.15) is 12.4 Å². The zero-order valence-corrected chi connectivity index (χ0v) is 9.75. The van der Waals surface area contributed by atoms with Gasteiger partial charge in [0.15, 0.2) is 6.29 Å². The molecule has 1 rings (SSSR count). The van der Waals surface area contributed by atoms with Gasteiger partial charge in [-0.15, -0.1) is 0 Å². The van der Waals surface area contributed by atoms with E-state index in [1.54, 1.807) is 0 Å². The Morgan fingerprint density at radius 3 is 2.71 bits per heavy atom. The number of nitro benzene ring substituents is 1. The summed E-state index contributed by atoms with van der Waals surface area (Å²) in [5.41, 5.74) is -0.183. The van der Waals surface area contributed by atoms with E-state index >= 15 is 0 Å². The number of carbonyl (C=O) groups excluding carboxylic acids is 1. The number of carbonyl (C=O) groups is 1. The largest absolute Gasteiger partial charge is 0.492 e. The standard InChI is InChI=1S/C11H14N2O4/c1-12(2)5-6-17-10-3-4-11(13(15)16)9(7-10)8-14/h3-4,7-8H,5-6H2,1-2H3. The molecule has 0 radical (unpaired) electrons. The Bertz CT molecular complexity index is 418. The molecule has 0 aromatic heterocycles. The summed E-state index contributed by atoms with van der Waals surface area (Å²) >= 11 is 0. The molecule has 0 spiro atoms. The average Bonchev–Trinajstić information content (AvgIpc) is 2.28. The van der Waals surface area contributed by atoms with Crippen LogP contribution in [0, 0.1) is 10.1 Å². The molecule has 0 aliphatic carbocycles. The number of hydrogen-bond donors (Lipinski definition) is 0. The van der Waals surface area contributed by atoms with Crippen LogP contribution in [0.4, 0.5) is 5.69 Å². The lowest BCUT2D eigenvalue weighted by atomic mass is 10.2. The minimum Gasteiger partial charge on any atom is -0.492 e. The van der Waals surface area contributed by atoms with Crippen molar-refractivity contribution in [2.75, 3.05) is 27.2 Å². The second-order valence-electron chi connectivity index (χ2n) is 3.75. The highest BCUT2D eigenvalue weighted by atomic mass is 16.6. The van der Waals surface area contributed by atoms with Gasteiger partial charge in [-0.1, -0.05) is 0 Å². The summed E-state index contributed by atoms with van der Waals surface area (Å²) in [6, 6.07) is 4.14. The first-order valence-electron chi connectivity index (χ1n) is 5.05. The van der Waals surface area contributed by atoms with Gasteiger partial charge in [-0.05, 0) is 26.2 Å². The normalized spacial score (nSPS) is 10.3. The number of hydrogen-bond acceptors (Lipinski definition) is 5. The average molecular weight is 238 g/mol. The fourth-order valence-electron chi connectivity index (χ4n) is 1.23. The van der Waals surface area contributed by atoms with Gasteiger partial charge in [0.2, 0.25) is 0 Å². The van der Waals surface area contributed by atoms with Crippen LogP contribution in [0.25, 0.3) is 0 Å². The third kappa shape index (κ3) is 3.84. The molecule has 0 unspecified atom stereocenters. The van der Waals surface area contributed by atoms with Crippen molar-refractivity contribution < 1.29 is 14.5 Å². The van der Waals surface area contributed by atoms with Crippen molar-refractivity contribution in [2.45, 2.75) is 0 Å². The molecule has 0 N–H and O–H groups in total. The molecule has 0 fully saturated rings. The van der Waals surface area contributed by atoms with E-state index in [1.165, 1.54) is 18.2 Å². The lowest BCUT2D eigenvalue weighted by molar-refractivity contribution is -0.385.